The standard InChI is InChI=1S/C15H12ClF2NO3/c1-7-12(13-10(17)4-3-5-11(13)22-18)9(16)6-8(14(7)19)15(20)21-2/h3-6H,19H2,1-2H3. The summed E-state index contributed by atoms with van der Waals surface area (Å²) in [6.45, 7) is 1.54. The molecule has 0 spiro atoms. The van der Waals surface area contributed by atoms with Crippen molar-refractivity contribution in [1.82, 2.24) is 0 Å². The molecule has 0 fully saturated rings. The zero-order chi connectivity index (χ0) is 16.4. The van der Waals surface area contributed by atoms with Crippen molar-refractivity contribution in [3.05, 3.63) is 46.2 Å². The van der Waals surface area contributed by atoms with Crippen molar-refractivity contribution < 1.29 is 23.4 Å². The average Bonchev–Trinajstić information content (AvgIpc) is 2.51. The number of nitrogen functional groups attached to an aromatic ring is 1. The maximum Gasteiger partial charge on any atom is 0.340 e. The Kier molecular flexibility index (Phi) is 4.51. The Morgan fingerprint density at radius 1 is 1.32 bits per heavy atom. The number of anilines is 1. The molecule has 2 N–H and O–H groups in total. The van der Waals surface area contributed by atoms with Crippen molar-refractivity contribution >= 4 is 23.3 Å². The van der Waals surface area contributed by atoms with Crippen LogP contribution in [-0.4, -0.2) is 13.1 Å². The van der Waals surface area contributed by atoms with E-state index >= 15 is 0 Å². The minimum Gasteiger partial charge on any atom is -0.465 e. The number of carbonyl (C=O) groups is 1. The summed E-state index contributed by atoms with van der Waals surface area (Å²) in [7, 11) is 1.20. The van der Waals surface area contributed by atoms with Crippen LogP contribution in [0, 0.1) is 12.7 Å². The van der Waals surface area contributed by atoms with Crippen LogP contribution in [0.4, 0.5) is 14.6 Å². The van der Waals surface area contributed by atoms with Crippen LogP contribution in [0.2, 0.25) is 5.02 Å². The third kappa shape index (κ3) is 2.57. The van der Waals surface area contributed by atoms with Crippen molar-refractivity contribution in [2.24, 2.45) is 0 Å². The van der Waals surface area contributed by atoms with Crippen LogP contribution in [0.15, 0.2) is 24.3 Å². The van der Waals surface area contributed by atoms with Gasteiger partial charge in [0.25, 0.3) is 0 Å². The number of benzene rings is 2. The molecule has 2 aromatic rings. The molecular formula is C15H12ClF2NO3. The summed E-state index contributed by atoms with van der Waals surface area (Å²) >= 11 is 6.14. The van der Waals surface area contributed by atoms with Crippen LogP contribution in [0.1, 0.15) is 15.9 Å². The molecule has 0 aliphatic carbocycles. The van der Waals surface area contributed by atoms with Crippen LogP contribution in [-0.2, 0) is 4.74 Å². The molecule has 0 saturated carbocycles. The molecule has 4 nitrogen and oxygen atoms in total. The molecule has 0 atom stereocenters. The van der Waals surface area contributed by atoms with E-state index in [1.54, 1.807) is 0 Å². The number of rotatable bonds is 3. The van der Waals surface area contributed by atoms with E-state index in [0.29, 0.717) is 5.56 Å². The van der Waals surface area contributed by atoms with Crippen LogP contribution >= 0.6 is 11.6 Å². The SMILES string of the molecule is COC(=O)c1cc(Cl)c(-c2c(F)cccc2OF)c(C)c1N. The molecule has 7 heteroatoms. The molecule has 0 bridgehead atoms. The second kappa shape index (κ2) is 6.19. The highest BCUT2D eigenvalue weighted by molar-refractivity contribution is 6.34. The summed E-state index contributed by atoms with van der Waals surface area (Å²) in [6, 6.07) is 4.93. The lowest BCUT2D eigenvalue weighted by Gasteiger charge is -2.16. The molecule has 116 valence electrons. The van der Waals surface area contributed by atoms with Crippen molar-refractivity contribution in [1.29, 1.82) is 0 Å². The van der Waals surface area contributed by atoms with Gasteiger partial charge in [0.1, 0.15) is 5.82 Å². The smallest absolute Gasteiger partial charge is 0.340 e. The quantitative estimate of drug-likeness (QED) is 0.681. The van der Waals surface area contributed by atoms with Crippen molar-refractivity contribution in [2.45, 2.75) is 6.92 Å². The fourth-order valence-electron chi connectivity index (χ4n) is 2.19. The van der Waals surface area contributed by atoms with Crippen LogP contribution in [0.25, 0.3) is 11.1 Å². The first-order chi connectivity index (χ1) is 10.4. The highest BCUT2D eigenvalue weighted by Gasteiger charge is 2.23. The first-order valence-corrected chi connectivity index (χ1v) is 6.54. The molecule has 2 rings (SSSR count). The Hall–Kier alpha value is -2.34. The summed E-state index contributed by atoms with van der Waals surface area (Å²) in [6.07, 6.45) is 0. The summed E-state index contributed by atoms with van der Waals surface area (Å²) in [5.41, 5.74) is 6.30. The molecular weight excluding hydrogens is 316 g/mol. The first-order valence-electron chi connectivity index (χ1n) is 6.16. The largest absolute Gasteiger partial charge is 0.465 e. The van der Waals surface area contributed by atoms with E-state index in [9.17, 15) is 13.7 Å². The number of hydrogen-bond acceptors (Lipinski definition) is 4. The Morgan fingerprint density at radius 3 is 2.59 bits per heavy atom. The minimum atomic E-state index is -0.731. The molecule has 0 aliphatic rings. The fraction of sp³-hybridized carbons (Fsp3) is 0.133. The van der Waals surface area contributed by atoms with Gasteiger partial charge in [-0.25, -0.2) is 9.18 Å². The predicted octanol–water partition coefficient (Wildman–Crippen LogP) is 4.09. The molecule has 22 heavy (non-hydrogen) atoms. The van der Waals surface area contributed by atoms with Gasteiger partial charge in [-0.15, -0.1) is 0 Å². The molecule has 0 aliphatic heterocycles. The number of nitrogens with two attached hydrogens (primary N) is 1. The molecule has 0 radical (unpaired) electrons. The van der Waals surface area contributed by atoms with E-state index in [1.165, 1.54) is 32.2 Å². The van der Waals surface area contributed by atoms with E-state index in [2.05, 4.69) is 9.68 Å². The van der Waals surface area contributed by atoms with Gasteiger partial charge in [-0.3, -0.25) is 4.94 Å². The minimum absolute atomic E-state index is 0.0236. The van der Waals surface area contributed by atoms with Crippen LogP contribution in [0.3, 0.4) is 0 Å². The third-order valence-electron chi connectivity index (χ3n) is 3.29. The van der Waals surface area contributed by atoms with Crippen LogP contribution < -0.4 is 10.7 Å². The van der Waals surface area contributed by atoms with Gasteiger partial charge >= 0.3 is 5.97 Å². The topological polar surface area (TPSA) is 61.5 Å². The Balaban J connectivity index is 2.79. The highest BCUT2D eigenvalue weighted by atomic mass is 35.5. The maximum atomic E-state index is 14.1. The molecule has 0 heterocycles. The zero-order valence-electron chi connectivity index (χ0n) is 11.7. The van der Waals surface area contributed by atoms with Crippen molar-refractivity contribution in [3.8, 4) is 16.9 Å². The number of hydrogen-bond donors (Lipinski definition) is 1. The Labute approximate surface area is 130 Å². The summed E-state index contributed by atoms with van der Waals surface area (Å²) in [4.78, 5) is 15.4. The Bertz CT molecular complexity index is 750. The maximum absolute atomic E-state index is 14.1. The van der Waals surface area contributed by atoms with Gasteiger partial charge < -0.3 is 10.5 Å². The van der Waals surface area contributed by atoms with Gasteiger partial charge in [-0.1, -0.05) is 17.7 Å². The lowest BCUT2D eigenvalue weighted by molar-refractivity contribution is -0.00575. The fourth-order valence-corrected chi connectivity index (χ4v) is 2.53. The predicted molar refractivity (Wildman–Crippen MR) is 79.1 cm³/mol. The van der Waals surface area contributed by atoms with Gasteiger partial charge in [0, 0.05) is 20.8 Å². The van der Waals surface area contributed by atoms with Crippen LogP contribution in [0.5, 0.6) is 5.75 Å². The van der Waals surface area contributed by atoms with E-state index in [1.807, 2.05) is 0 Å². The molecule has 2 aromatic carbocycles. The van der Waals surface area contributed by atoms with E-state index < -0.39 is 11.8 Å². The van der Waals surface area contributed by atoms with E-state index in [-0.39, 0.29) is 33.1 Å². The number of ether oxygens (including phenoxy) is 1. The monoisotopic (exact) mass is 327 g/mol. The Morgan fingerprint density at radius 2 is 2.00 bits per heavy atom. The second-order valence-corrected chi connectivity index (χ2v) is 4.91. The van der Waals surface area contributed by atoms with E-state index in [0.717, 1.165) is 6.07 Å². The lowest BCUT2D eigenvalue weighted by atomic mass is 9.95. The van der Waals surface area contributed by atoms with Gasteiger partial charge in [-0.2, -0.15) is 0 Å². The van der Waals surface area contributed by atoms with Gasteiger partial charge in [0.15, 0.2) is 5.75 Å². The average molecular weight is 328 g/mol. The van der Waals surface area contributed by atoms with Crippen molar-refractivity contribution in [2.75, 3.05) is 12.8 Å². The zero-order valence-corrected chi connectivity index (χ0v) is 12.5. The summed E-state index contributed by atoms with van der Waals surface area (Å²) in [5, 5.41) is 0.0236. The first kappa shape index (κ1) is 16.0. The summed E-state index contributed by atoms with van der Waals surface area (Å²) in [5.74, 6) is -1.75. The number of esters is 1. The van der Waals surface area contributed by atoms with Gasteiger partial charge in [0.05, 0.1) is 18.2 Å². The number of halogens is 3. The lowest BCUT2D eigenvalue weighted by Crippen LogP contribution is -2.08. The highest BCUT2D eigenvalue weighted by Crippen LogP contribution is 2.42. The number of methoxy groups -OCH3 is 1. The molecule has 0 saturated heterocycles. The van der Waals surface area contributed by atoms with Crippen molar-refractivity contribution in [3.63, 3.8) is 0 Å². The van der Waals surface area contributed by atoms with Gasteiger partial charge in [0.2, 0.25) is 0 Å². The molecule has 0 amide bonds. The molecule has 0 aromatic heterocycles. The number of carbonyl (C=O) groups excluding carboxylic acids is 1. The summed E-state index contributed by atoms with van der Waals surface area (Å²) < 4.78 is 31.4. The second-order valence-electron chi connectivity index (χ2n) is 4.50. The van der Waals surface area contributed by atoms with Gasteiger partial charge in [-0.05, 0) is 30.7 Å². The normalized spacial score (nSPS) is 10.4. The third-order valence-corrected chi connectivity index (χ3v) is 3.59. The molecule has 0 unspecified atom stereocenters. The van der Waals surface area contributed by atoms with E-state index in [4.69, 9.17) is 17.3 Å².